The van der Waals surface area contributed by atoms with Gasteiger partial charge in [0.25, 0.3) is 0 Å². The molecular weight excluding hydrogens is 526 g/mol. The largest absolute Gasteiger partial charge is 0.481 e. The number of carbonyl (C=O) groups is 6. The summed E-state index contributed by atoms with van der Waals surface area (Å²) in [5.74, 6) is -5.83. The van der Waals surface area contributed by atoms with Crippen molar-refractivity contribution in [2.24, 2.45) is 5.73 Å². The molecule has 4 atom stereocenters. The molecule has 1 fully saturated rings. The fourth-order valence-electron chi connectivity index (χ4n) is 4.71. The zero-order valence-electron chi connectivity index (χ0n) is 21.7. The fourth-order valence-corrected chi connectivity index (χ4v) is 4.71. The lowest BCUT2D eigenvalue weighted by atomic mass is 10.0. The molecule has 1 aromatic heterocycles. The molecule has 1 aliphatic rings. The number of aliphatic carboxylic acids is 3. The highest BCUT2D eigenvalue weighted by atomic mass is 16.4. The van der Waals surface area contributed by atoms with Gasteiger partial charge >= 0.3 is 17.9 Å². The Kier molecular flexibility index (Phi) is 10.2. The first-order valence-corrected chi connectivity index (χ1v) is 12.9. The third-order valence-electron chi connectivity index (χ3n) is 6.82. The number of nitrogens with zero attached hydrogens (tertiary/aromatic N) is 1. The molecule has 1 aromatic carbocycles. The number of aromatic nitrogens is 1. The molecule has 0 aliphatic carbocycles. The summed E-state index contributed by atoms with van der Waals surface area (Å²) in [6, 6.07) is 2.45. The number of aromatic amines is 1. The second kappa shape index (κ2) is 13.6. The van der Waals surface area contributed by atoms with Crippen LogP contribution in [-0.4, -0.2) is 91.5 Å². The molecule has 14 heteroatoms. The van der Waals surface area contributed by atoms with Gasteiger partial charge in [0, 0.05) is 42.9 Å². The van der Waals surface area contributed by atoms with Crippen LogP contribution in [0.4, 0.5) is 0 Å². The first kappa shape index (κ1) is 30.1. The molecule has 0 spiro atoms. The van der Waals surface area contributed by atoms with E-state index in [0.29, 0.717) is 12.0 Å². The highest BCUT2D eigenvalue weighted by Gasteiger charge is 2.39. The number of benzene rings is 1. The lowest BCUT2D eigenvalue weighted by Gasteiger charge is -2.30. The molecule has 0 bridgehead atoms. The van der Waals surface area contributed by atoms with E-state index in [-0.39, 0.29) is 38.6 Å². The Bertz CT molecular complexity index is 1280. The summed E-state index contributed by atoms with van der Waals surface area (Å²) in [6.45, 7) is 0.140. The van der Waals surface area contributed by atoms with Crippen LogP contribution in [0, 0.1) is 0 Å². The number of para-hydroxylation sites is 1. The molecular formula is C26H33N5O9. The van der Waals surface area contributed by atoms with Gasteiger partial charge in [0.2, 0.25) is 17.7 Å². The molecule has 1 saturated heterocycles. The highest BCUT2D eigenvalue weighted by molar-refractivity contribution is 5.95. The van der Waals surface area contributed by atoms with Crippen LogP contribution in [-0.2, 0) is 35.2 Å². The summed E-state index contributed by atoms with van der Waals surface area (Å²) >= 11 is 0. The van der Waals surface area contributed by atoms with Gasteiger partial charge in [0.05, 0.1) is 6.04 Å². The van der Waals surface area contributed by atoms with Crippen molar-refractivity contribution in [1.82, 2.24) is 20.5 Å². The van der Waals surface area contributed by atoms with Gasteiger partial charge in [-0.05, 0) is 37.3 Å². The number of carbonyl (C=O) groups excluding carboxylic acids is 3. The molecule has 4 unspecified atom stereocenters. The molecule has 2 heterocycles. The van der Waals surface area contributed by atoms with E-state index in [0.717, 1.165) is 10.9 Å². The zero-order chi connectivity index (χ0) is 29.4. The van der Waals surface area contributed by atoms with E-state index in [4.69, 9.17) is 15.9 Å². The van der Waals surface area contributed by atoms with Crippen LogP contribution < -0.4 is 16.4 Å². The van der Waals surface area contributed by atoms with Crippen LogP contribution in [0.3, 0.4) is 0 Å². The highest BCUT2D eigenvalue weighted by Crippen LogP contribution is 2.22. The number of likely N-dealkylation sites (tertiary alicyclic amines) is 1. The topological polar surface area (TPSA) is 232 Å². The quantitative estimate of drug-likeness (QED) is 0.161. The molecule has 8 N–H and O–H groups in total. The number of H-pyrrole nitrogens is 1. The molecule has 3 rings (SSSR count). The third kappa shape index (κ3) is 7.79. The number of rotatable bonds is 14. The van der Waals surface area contributed by atoms with Crippen LogP contribution in [0.2, 0.25) is 0 Å². The average molecular weight is 560 g/mol. The second-order valence-electron chi connectivity index (χ2n) is 9.69. The number of amides is 3. The Labute approximate surface area is 228 Å². The van der Waals surface area contributed by atoms with Crippen molar-refractivity contribution in [2.75, 3.05) is 6.54 Å². The number of hydrogen-bond acceptors (Lipinski definition) is 7. The second-order valence-corrected chi connectivity index (χ2v) is 9.69. The SMILES string of the molecule is NC(CCC(=O)O)C(=O)NC(CCC(=O)O)C(=O)N1CCCC1C(=O)NC(Cc1c[nH]c2ccccc12)C(=O)O. The summed E-state index contributed by atoms with van der Waals surface area (Å²) in [6.07, 6.45) is 1.04. The first-order valence-electron chi connectivity index (χ1n) is 12.9. The Balaban J connectivity index is 1.71. The molecule has 216 valence electrons. The maximum Gasteiger partial charge on any atom is 0.326 e. The van der Waals surface area contributed by atoms with Gasteiger partial charge in [0.1, 0.15) is 18.1 Å². The standard InChI is InChI=1S/C26H33N5O9/c27-16(7-9-21(32)33)23(36)29-18(8-10-22(34)35)25(38)31-11-3-6-20(31)24(37)30-19(26(39)40)12-14-13-28-17-5-2-1-4-15(14)17/h1-2,4-5,13,16,18-20,28H,3,6-12,27H2,(H,29,36)(H,30,37)(H,32,33)(H,34,35)(H,39,40). The molecule has 14 nitrogen and oxygen atoms in total. The van der Waals surface area contributed by atoms with Crippen molar-refractivity contribution in [1.29, 1.82) is 0 Å². The van der Waals surface area contributed by atoms with Crippen LogP contribution in [0.5, 0.6) is 0 Å². The predicted molar refractivity (Wildman–Crippen MR) is 140 cm³/mol. The number of carboxylic acids is 3. The van der Waals surface area contributed by atoms with E-state index in [1.165, 1.54) is 4.90 Å². The average Bonchev–Trinajstić information content (AvgIpc) is 3.56. The van der Waals surface area contributed by atoms with E-state index in [1.54, 1.807) is 6.20 Å². The summed E-state index contributed by atoms with van der Waals surface area (Å²) in [5.41, 5.74) is 7.24. The van der Waals surface area contributed by atoms with E-state index in [1.807, 2.05) is 24.3 Å². The number of hydrogen-bond donors (Lipinski definition) is 7. The zero-order valence-corrected chi connectivity index (χ0v) is 21.7. The van der Waals surface area contributed by atoms with Gasteiger partial charge in [-0.15, -0.1) is 0 Å². The van der Waals surface area contributed by atoms with Gasteiger partial charge < -0.3 is 41.6 Å². The minimum absolute atomic E-state index is 0.00270. The molecule has 0 saturated carbocycles. The van der Waals surface area contributed by atoms with Crippen LogP contribution in [0.15, 0.2) is 30.5 Å². The number of nitrogens with one attached hydrogen (secondary N) is 3. The number of fused-ring (bicyclic) bond motifs is 1. The molecule has 40 heavy (non-hydrogen) atoms. The summed E-state index contributed by atoms with van der Waals surface area (Å²) in [4.78, 5) is 77.3. The third-order valence-corrected chi connectivity index (χ3v) is 6.82. The minimum Gasteiger partial charge on any atom is -0.481 e. The molecule has 3 amide bonds. The van der Waals surface area contributed by atoms with Crippen molar-refractivity contribution in [3.63, 3.8) is 0 Å². The fraction of sp³-hybridized carbons (Fsp3) is 0.462. The van der Waals surface area contributed by atoms with E-state index in [2.05, 4.69) is 15.6 Å². The Hall–Kier alpha value is -4.46. The van der Waals surface area contributed by atoms with Gasteiger partial charge in [-0.3, -0.25) is 24.0 Å². The Morgan fingerprint density at radius 3 is 2.33 bits per heavy atom. The van der Waals surface area contributed by atoms with Crippen molar-refractivity contribution >= 4 is 46.5 Å². The van der Waals surface area contributed by atoms with Crippen molar-refractivity contribution in [3.8, 4) is 0 Å². The maximum atomic E-state index is 13.4. The maximum absolute atomic E-state index is 13.4. The lowest BCUT2D eigenvalue weighted by molar-refractivity contribution is -0.145. The normalized spacial score (nSPS) is 17.1. The van der Waals surface area contributed by atoms with Gasteiger partial charge in [0.15, 0.2) is 0 Å². The van der Waals surface area contributed by atoms with E-state index < -0.39 is 66.2 Å². The van der Waals surface area contributed by atoms with Crippen LogP contribution in [0.1, 0.15) is 44.1 Å². The van der Waals surface area contributed by atoms with E-state index >= 15 is 0 Å². The van der Waals surface area contributed by atoms with Crippen LogP contribution >= 0.6 is 0 Å². The molecule has 2 aromatic rings. The first-order chi connectivity index (χ1) is 19.0. The molecule has 1 aliphatic heterocycles. The monoisotopic (exact) mass is 559 g/mol. The Morgan fingerprint density at radius 2 is 1.65 bits per heavy atom. The van der Waals surface area contributed by atoms with Gasteiger partial charge in [-0.2, -0.15) is 0 Å². The lowest BCUT2D eigenvalue weighted by Crippen LogP contribution is -2.57. The van der Waals surface area contributed by atoms with Crippen molar-refractivity contribution in [2.45, 2.75) is 69.1 Å². The van der Waals surface area contributed by atoms with Gasteiger partial charge in [-0.25, -0.2) is 4.79 Å². The summed E-state index contributed by atoms with van der Waals surface area (Å²) in [7, 11) is 0. The van der Waals surface area contributed by atoms with Gasteiger partial charge in [-0.1, -0.05) is 18.2 Å². The smallest absolute Gasteiger partial charge is 0.326 e. The number of nitrogens with two attached hydrogens (primary N) is 1. The van der Waals surface area contributed by atoms with Crippen molar-refractivity contribution < 1.29 is 44.1 Å². The summed E-state index contributed by atoms with van der Waals surface area (Å²) in [5, 5.41) is 33.4. The van der Waals surface area contributed by atoms with Crippen molar-refractivity contribution in [3.05, 3.63) is 36.0 Å². The number of carboxylic acid groups (broad SMARTS) is 3. The van der Waals surface area contributed by atoms with E-state index in [9.17, 15) is 33.9 Å². The Morgan fingerprint density at radius 1 is 0.975 bits per heavy atom. The molecule has 0 radical (unpaired) electrons. The minimum atomic E-state index is -1.32. The summed E-state index contributed by atoms with van der Waals surface area (Å²) < 4.78 is 0. The predicted octanol–water partition coefficient (Wildman–Crippen LogP) is -0.187. The van der Waals surface area contributed by atoms with Crippen LogP contribution in [0.25, 0.3) is 10.9 Å².